The maximum atomic E-state index is 12.5. The second kappa shape index (κ2) is 6.31. The fourth-order valence-corrected chi connectivity index (χ4v) is 5.23. The van der Waals surface area contributed by atoms with Crippen LogP contribution in [0.2, 0.25) is 0 Å². The number of aryl methyl sites for hydroxylation is 1. The predicted molar refractivity (Wildman–Crippen MR) is 103 cm³/mol. The SMILES string of the molecule is Cc1nnc(NS(=O)(=O)c2ccc(-n3sc4ccccc4c3=O)cc2)s1. The van der Waals surface area contributed by atoms with Gasteiger partial charge in [0.2, 0.25) is 5.13 Å². The molecule has 4 aromatic rings. The van der Waals surface area contributed by atoms with Crippen molar-refractivity contribution in [1.29, 1.82) is 0 Å². The molecule has 0 aliphatic rings. The Morgan fingerprint density at radius 3 is 2.42 bits per heavy atom. The number of nitrogens with one attached hydrogen (secondary N) is 1. The van der Waals surface area contributed by atoms with Crippen molar-refractivity contribution in [2.45, 2.75) is 11.8 Å². The van der Waals surface area contributed by atoms with Gasteiger partial charge in [0.15, 0.2) is 0 Å². The first-order valence-electron chi connectivity index (χ1n) is 7.48. The maximum Gasteiger partial charge on any atom is 0.273 e. The summed E-state index contributed by atoms with van der Waals surface area (Å²) in [5.41, 5.74) is 0.491. The van der Waals surface area contributed by atoms with Crippen LogP contribution in [0.25, 0.3) is 15.8 Å². The van der Waals surface area contributed by atoms with Crippen molar-refractivity contribution in [1.82, 2.24) is 14.2 Å². The molecule has 0 aliphatic carbocycles. The highest BCUT2D eigenvalue weighted by Crippen LogP contribution is 2.23. The van der Waals surface area contributed by atoms with Crippen LogP contribution in [0.15, 0.2) is 58.2 Å². The van der Waals surface area contributed by atoms with Crippen molar-refractivity contribution in [3.05, 3.63) is 63.9 Å². The third kappa shape index (κ3) is 3.02. The van der Waals surface area contributed by atoms with Crippen LogP contribution in [0, 0.1) is 6.92 Å². The lowest BCUT2D eigenvalue weighted by molar-refractivity contribution is 0.601. The van der Waals surface area contributed by atoms with E-state index in [0.717, 1.165) is 16.0 Å². The van der Waals surface area contributed by atoms with E-state index in [1.54, 1.807) is 29.1 Å². The van der Waals surface area contributed by atoms with Crippen LogP contribution in [0.3, 0.4) is 0 Å². The minimum Gasteiger partial charge on any atom is -0.267 e. The molecule has 2 aromatic carbocycles. The van der Waals surface area contributed by atoms with Gasteiger partial charge in [0, 0.05) is 0 Å². The first kappa shape index (κ1) is 16.9. The number of rotatable bonds is 4. The summed E-state index contributed by atoms with van der Waals surface area (Å²) in [6, 6.07) is 13.5. The Balaban J connectivity index is 1.68. The van der Waals surface area contributed by atoms with Gasteiger partial charge in [-0.2, -0.15) is 0 Å². The molecule has 0 saturated carbocycles. The molecular formula is C16H12N4O3S3. The molecule has 0 radical (unpaired) electrons. The second-order valence-corrected chi connectivity index (χ2v) is 9.26. The molecule has 7 nitrogen and oxygen atoms in total. The van der Waals surface area contributed by atoms with Crippen LogP contribution in [0.5, 0.6) is 0 Å². The average Bonchev–Trinajstić information content (AvgIpc) is 3.18. The summed E-state index contributed by atoms with van der Waals surface area (Å²) in [6.07, 6.45) is 0. The summed E-state index contributed by atoms with van der Waals surface area (Å²) < 4.78 is 29.7. The van der Waals surface area contributed by atoms with Crippen LogP contribution in [0.4, 0.5) is 5.13 Å². The van der Waals surface area contributed by atoms with Crippen molar-refractivity contribution in [2.75, 3.05) is 4.72 Å². The molecule has 0 spiro atoms. The number of hydrogen-bond acceptors (Lipinski definition) is 7. The van der Waals surface area contributed by atoms with E-state index in [1.165, 1.54) is 23.7 Å². The van der Waals surface area contributed by atoms with Gasteiger partial charge in [-0.05, 0) is 43.3 Å². The normalized spacial score (nSPS) is 11.7. The Labute approximate surface area is 156 Å². The lowest BCUT2D eigenvalue weighted by Gasteiger charge is -2.06. The first-order chi connectivity index (χ1) is 12.4. The molecule has 0 fully saturated rings. The molecule has 1 N–H and O–H groups in total. The minimum absolute atomic E-state index is 0.0864. The summed E-state index contributed by atoms with van der Waals surface area (Å²) in [6.45, 7) is 1.74. The van der Waals surface area contributed by atoms with E-state index in [-0.39, 0.29) is 15.6 Å². The predicted octanol–water partition coefficient (Wildman–Crippen LogP) is 3.01. The molecule has 0 aliphatic heterocycles. The van der Waals surface area contributed by atoms with E-state index >= 15 is 0 Å². The van der Waals surface area contributed by atoms with Crippen LogP contribution in [0.1, 0.15) is 5.01 Å². The molecule has 2 heterocycles. The van der Waals surface area contributed by atoms with E-state index in [4.69, 9.17) is 0 Å². The molecule has 2 aromatic heterocycles. The summed E-state index contributed by atoms with van der Waals surface area (Å²) in [5, 5.41) is 9.07. The van der Waals surface area contributed by atoms with Gasteiger partial charge in [0.05, 0.1) is 20.7 Å². The lowest BCUT2D eigenvalue weighted by Crippen LogP contribution is -2.14. The zero-order chi connectivity index (χ0) is 18.3. The highest BCUT2D eigenvalue weighted by Gasteiger charge is 2.17. The van der Waals surface area contributed by atoms with Crippen LogP contribution < -0.4 is 10.3 Å². The number of fused-ring (bicyclic) bond motifs is 1. The van der Waals surface area contributed by atoms with Crippen molar-refractivity contribution >= 4 is 48.1 Å². The van der Waals surface area contributed by atoms with Crippen LogP contribution >= 0.6 is 22.9 Å². The lowest BCUT2D eigenvalue weighted by atomic mass is 10.3. The van der Waals surface area contributed by atoms with Gasteiger partial charge in [-0.15, -0.1) is 10.2 Å². The fourth-order valence-electron chi connectivity index (χ4n) is 2.41. The zero-order valence-electron chi connectivity index (χ0n) is 13.4. The topological polar surface area (TPSA) is 93.9 Å². The largest absolute Gasteiger partial charge is 0.273 e. The smallest absolute Gasteiger partial charge is 0.267 e. The van der Waals surface area contributed by atoms with Gasteiger partial charge >= 0.3 is 0 Å². The Hall–Kier alpha value is -2.56. The standard InChI is InChI=1S/C16H12N4O3S3/c1-10-17-18-16(24-10)19-26(22,23)12-8-6-11(7-9-12)20-15(21)13-4-2-3-5-14(13)25-20/h2-9H,1H3,(H,18,19). The van der Waals surface area contributed by atoms with Gasteiger partial charge < -0.3 is 0 Å². The van der Waals surface area contributed by atoms with Gasteiger partial charge in [-0.25, -0.2) is 12.4 Å². The molecule has 132 valence electrons. The molecule has 4 rings (SSSR count). The summed E-state index contributed by atoms with van der Waals surface area (Å²) in [4.78, 5) is 12.6. The molecule has 0 amide bonds. The zero-order valence-corrected chi connectivity index (χ0v) is 15.9. The van der Waals surface area contributed by atoms with Crippen molar-refractivity contribution < 1.29 is 8.42 Å². The summed E-state index contributed by atoms with van der Waals surface area (Å²) in [7, 11) is -3.76. The molecule has 0 saturated heterocycles. The molecule has 0 bridgehead atoms. The van der Waals surface area contributed by atoms with Gasteiger partial charge in [-0.1, -0.05) is 35.0 Å². The van der Waals surface area contributed by atoms with Gasteiger partial charge in [0.1, 0.15) is 5.01 Å². The summed E-state index contributed by atoms with van der Waals surface area (Å²) in [5.74, 6) is 0. The Morgan fingerprint density at radius 1 is 1.04 bits per heavy atom. The van der Waals surface area contributed by atoms with E-state index in [9.17, 15) is 13.2 Å². The van der Waals surface area contributed by atoms with Crippen molar-refractivity contribution in [3.8, 4) is 5.69 Å². The van der Waals surface area contributed by atoms with Gasteiger partial charge in [-0.3, -0.25) is 9.52 Å². The van der Waals surface area contributed by atoms with Crippen molar-refractivity contribution in [3.63, 3.8) is 0 Å². The van der Waals surface area contributed by atoms with E-state index in [0.29, 0.717) is 16.1 Å². The monoisotopic (exact) mass is 404 g/mol. The number of hydrogen-bond donors (Lipinski definition) is 1. The molecule has 26 heavy (non-hydrogen) atoms. The molecular weight excluding hydrogens is 392 g/mol. The van der Waals surface area contributed by atoms with Crippen LogP contribution in [-0.2, 0) is 10.0 Å². The van der Waals surface area contributed by atoms with Gasteiger partial charge in [0.25, 0.3) is 15.6 Å². The Kier molecular flexibility index (Phi) is 4.10. The highest BCUT2D eigenvalue weighted by molar-refractivity contribution is 7.93. The van der Waals surface area contributed by atoms with E-state index < -0.39 is 10.0 Å². The van der Waals surface area contributed by atoms with E-state index in [1.807, 2.05) is 18.2 Å². The maximum absolute atomic E-state index is 12.5. The third-order valence-electron chi connectivity index (χ3n) is 3.62. The van der Waals surface area contributed by atoms with Crippen LogP contribution in [-0.4, -0.2) is 22.6 Å². The molecule has 0 unspecified atom stereocenters. The minimum atomic E-state index is -3.76. The fraction of sp³-hybridized carbons (Fsp3) is 0.0625. The number of aromatic nitrogens is 3. The number of sulfonamides is 1. The molecule has 10 heteroatoms. The quantitative estimate of drug-likeness (QED) is 0.564. The Bertz CT molecular complexity index is 1250. The summed E-state index contributed by atoms with van der Waals surface area (Å²) >= 11 is 2.48. The highest BCUT2D eigenvalue weighted by atomic mass is 32.2. The number of nitrogens with zero attached hydrogens (tertiary/aromatic N) is 3. The second-order valence-electron chi connectivity index (χ2n) is 5.41. The number of anilines is 1. The average molecular weight is 404 g/mol. The molecule has 0 atom stereocenters. The number of benzene rings is 2. The van der Waals surface area contributed by atoms with E-state index in [2.05, 4.69) is 14.9 Å². The van der Waals surface area contributed by atoms with Crippen molar-refractivity contribution in [2.24, 2.45) is 0 Å². The third-order valence-corrected chi connectivity index (χ3v) is 6.97. The first-order valence-corrected chi connectivity index (χ1v) is 10.6. The Morgan fingerprint density at radius 2 is 1.77 bits per heavy atom.